The zero-order valence-electron chi connectivity index (χ0n) is 9.47. The third-order valence-electron chi connectivity index (χ3n) is 2.03. The molecule has 0 spiro atoms. The predicted molar refractivity (Wildman–Crippen MR) is 72.5 cm³/mol. The highest BCUT2D eigenvalue weighted by atomic mass is 35.5. The van der Waals surface area contributed by atoms with Gasteiger partial charge in [-0.3, -0.25) is 4.79 Å². The summed E-state index contributed by atoms with van der Waals surface area (Å²) in [6.45, 7) is 0. The Hall–Kier alpha value is -1.78. The molecular formula is C13H11ClNO2Si. The summed E-state index contributed by atoms with van der Waals surface area (Å²) in [5.74, 6) is -0.495. The van der Waals surface area contributed by atoms with Crippen LogP contribution in [-0.4, -0.2) is 15.3 Å². The van der Waals surface area contributed by atoms with E-state index in [0.717, 1.165) is 5.19 Å². The van der Waals surface area contributed by atoms with Gasteiger partial charge in [0.15, 0.2) is 0 Å². The Morgan fingerprint density at radius 1 is 1.00 bits per heavy atom. The van der Waals surface area contributed by atoms with Gasteiger partial charge < -0.3 is 10.2 Å². The number of carbonyl (C=O) groups is 1. The van der Waals surface area contributed by atoms with Gasteiger partial charge in [-0.25, -0.2) is 0 Å². The average molecular weight is 277 g/mol. The lowest BCUT2D eigenvalue weighted by Crippen LogP contribution is -2.10. The second-order valence-electron chi connectivity index (χ2n) is 3.31. The Balaban J connectivity index is 0.000000184. The minimum absolute atomic E-state index is 0.320. The van der Waals surface area contributed by atoms with Crippen molar-refractivity contribution in [2.45, 2.75) is 0 Å². The van der Waals surface area contributed by atoms with Crippen LogP contribution >= 0.6 is 11.6 Å². The van der Waals surface area contributed by atoms with Crippen LogP contribution in [0.25, 0.3) is 0 Å². The first-order valence-corrected chi connectivity index (χ1v) is 6.41. The van der Waals surface area contributed by atoms with E-state index in [-0.39, 0.29) is 9.41 Å². The van der Waals surface area contributed by atoms with Crippen LogP contribution in [0.15, 0.2) is 54.6 Å². The van der Waals surface area contributed by atoms with Gasteiger partial charge in [0.2, 0.25) is 5.91 Å². The van der Waals surface area contributed by atoms with Gasteiger partial charge in [0.1, 0.15) is 0 Å². The maximum Gasteiger partial charge on any atom is 0.365 e. The van der Waals surface area contributed by atoms with E-state index in [2.05, 4.69) is 0 Å². The number of rotatable bonds is 2. The molecule has 1 amide bonds. The first-order valence-electron chi connectivity index (χ1n) is 5.12. The lowest BCUT2D eigenvalue weighted by Gasteiger charge is -1.95. The molecule has 3 nitrogen and oxygen atoms in total. The zero-order chi connectivity index (χ0) is 13.4. The van der Waals surface area contributed by atoms with Crippen molar-refractivity contribution in [2.75, 3.05) is 0 Å². The molecule has 0 unspecified atom stereocenters. The smallest absolute Gasteiger partial charge is 0.365 e. The van der Waals surface area contributed by atoms with Crippen LogP contribution in [0, 0.1) is 0 Å². The SMILES string of the molecule is NC(=O)c1ccccc1Cl.O=[Si]c1ccccc1. The summed E-state index contributed by atoms with van der Waals surface area (Å²) in [4.78, 5) is 10.6. The highest BCUT2D eigenvalue weighted by molar-refractivity contribution is 6.38. The largest absolute Gasteiger partial charge is 0.378 e. The molecule has 0 fully saturated rings. The molecule has 0 saturated carbocycles. The number of primary amides is 1. The van der Waals surface area contributed by atoms with Crippen molar-refractivity contribution < 1.29 is 9.26 Å². The summed E-state index contributed by atoms with van der Waals surface area (Å²) in [6.07, 6.45) is 0. The van der Waals surface area contributed by atoms with Crippen LogP contribution in [0.4, 0.5) is 0 Å². The topological polar surface area (TPSA) is 60.2 Å². The van der Waals surface area contributed by atoms with Gasteiger partial charge >= 0.3 is 9.41 Å². The second-order valence-corrected chi connectivity index (χ2v) is 4.50. The summed E-state index contributed by atoms with van der Waals surface area (Å²) in [7, 11) is -0.320. The van der Waals surface area contributed by atoms with Gasteiger partial charge in [0.25, 0.3) is 0 Å². The fourth-order valence-corrected chi connectivity index (χ4v) is 1.72. The molecule has 0 saturated heterocycles. The standard InChI is InChI=1S/C7H6ClNO.C6H5OSi/c8-6-4-2-1-3-5(6)7(9)10;7-8-6-4-2-1-3-5-6/h1-4H,(H2,9,10);1-5H. The first kappa shape index (κ1) is 14.3. The van der Waals surface area contributed by atoms with Crippen LogP contribution in [0.1, 0.15) is 10.4 Å². The van der Waals surface area contributed by atoms with Crippen molar-refractivity contribution in [3.63, 3.8) is 0 Å². The van der Waals surface area contributed by atoms with Crippen molar-refractivity contribution in [1.29, 1.82) is 0 Å². The number of hydrogen-bond donors (Lipinski definition) is 1. The Kier molecular flexibility index (Phi) is 5.97. The molecule has 0 heterocycles. The number of benzene rings is 2. The molecule has 5 heteroatoms. The van der Waals surface area contributed by atoms with E-state index in [0.29, 0.717) is 10.6 Å². The summed E-state index contributed by atoms with van der Waals surface area (Å²) < 4.78 is 10.2. The van der Waals surface area contributed by atoms with E-state index >= 15 is 0 Å². The maximum absolute atomic E-state index is 10.6. The predicted octanol–water partition coefficient (Wildman–Crippen LogP) is 1.80. The fraction of sp³-hybridized carbons (Fsp3) is 0. The monoisotopic (exact) mass is 276 g/mol. The number of hydrogen-bond acceptors (Lipinski definition) is 2. The van der Waals surface area contributed by atoms with Gasteiger partial charge in [0.05, 0.1) is 10.6 Å². The highest BCUT2D eigenvalue weighted by Gasteiger charge is 2.02. The Morgan fingerprint density at radius 2 is 1.56 bits per heavy atom. The molecule has 2 rings (SSSR count). The van der Waals surface area contributed by atoms with Crippen LogP contribution in [0.5, 0.6) is 0 Å². The van der Waals surface area contributed by atoms with E-state index in [1.807, 2.05) is 30.3 Å². The molecule has 18 heavy (non-hydrogen) atoms. The highest BCUT2D eigenvalue weighted by Crippen LogP contribution is 2.13. The molecule has 0 bridgehead atoms. The van der Waals surface area contributed by atoms with E-state index in [4.69, 9.17) is 17.3 Å². The summed E-state index contributed by atoms with van der Waals surface area (Å²) in [5, 5.41) is 1.28. The molecule has 0 aliphatic carbocycles. The molecule has 2 aromatic rings. The number of amides is 1. The van der Waals surface area contributed by atoms with Crippen LogP contribution in [0.3, 0.4) is 0 Å². The third-order valence-corrected chi connectivity index (χ3v) is 2.93. The minimum Gasteiger partial charge on any atom is -0.378 e. The lowest BCUT2D eigenvalue weighted by atomic mass is 10.2. The van der Waals surface area contributed by atoms with E-state index in [1.54, 1.807) is 24.3 Å². The molecule has 1 radical (unpaired) electrons. The van der Waals surface area contributed by atoms with Crippen molar-refractivity contribution in [2.24, 2.45) is 5.73 Å². The normalized spacial score (nSPS) is 8.94. The molecule has 0 atom stereocenters. The average Bonchev–Trinajstić information content (AvgIpc) is 2.40. The van der Waals surface area contributed by atoms with E-state index in [1.165, 1.54) is 0 Å². The van der Waals surface area contributed by atoms with E-state index in [9.17, 15) is 9.26 Å². The second kappa shape index (κ2) is 7.52. The summed E-state index contributed by atoms with van der Waals surface area (Å²) in [5.41, 5.74) is 5.36. The minimum atomic E-state index is -0.495. The van der Waals surface area contributed by atoms with Crippen LogP contribution < -0.4 is 10.9 Å². The summed E-state index contributed by atoms with van der Waals surface area (Å²) in [6, 6.07) is 16.0. The van der Waals surface area contributed by atoms with Crippen molar-refractivity contribution in [3.8, 4) is 0 Å². The Labute approximate surface area is 112 Å². The number of nitrogens with two attached hydrogens (primary N) is 1. The quantitative estimate of drug-likeness (QED) is 0.851. The van der Waals surface area contributed by atoms with Gasteiger partial charge in [-0.15, -0.1) is 0 Å². The molecule has 2 aromatic carbocycles. The molecule has 91 valence electrons. The molecule has 0 aromatic heterocycles. The van der Waals surface area contributed by atoms with Gasteiger partial charge in [-0.2, -0.15) is 0 Å². The molecule has 0 aliphatic heterocycles. The fourth-order valence-electron chi connectivity index (χ4n) is 1.17. The van der Waals surface area contributed by atoms with E-state index < -0.39 is 5.91 Å². The van der Waals surface area contributed by atoms with Crippen molar-refractivity contribution in [3.05, 3.63) is 65.2 Å². The summed E-state index contributed by atoms with van der Waals surface area (Å²) >= 11 is 5.62. The van der Waals surface area contributed by atoms with Gasteiger partial charge in [-0.05, 0) is 17.3 Å². The van der Waals surface area contributed by atoms with Gasteiger partial charge in [0, 0.05) is 0 Å². The number of carbonyl (C=O) groups excluding carboxylic acids is 1. The maximum atomic E-state index is 10.6. The Morgan fingerprint density at radius 3 is 1.94 bits per heavy atom. The van der Waals surface area contributed by atoms with Gasteiger partial charge in [-0.1, -0.05) is 54.1 Å². The molecule has 0 aliphatic rings. The number of halogens is 1. The Bertz CT molecular complexity index is 532. The van der Waals surface area contributed by atoms with Crippen LogP contribution in [-0.2, 0) is 4.46 Å². The molecular weight excluding hydrogens is 266 g/mol. The first-order chi connectivity index (χ1) is 8.65. The lowest BCUT2D eigenvalue weighted by molar-refractivity contribution is 0.100. The third kappa shape index (κ3) is 4.61. The molecule has 2 N–H and O–H groups in total. The zero-order valence-corrected chi connectivity index (χ0v) is 11.2. The van der Waals surface area contributed by atoms with Crippen molar-refractivity contribution in [1.82, 2.24) is 0 Å². The van der Waals surface area contributed by atoms with Crippen LogP contribution in [0.2, 0.25) is 5.02 Å². The van der Waals surface area contributed by atoms with Crippen molar-refractivity contribution >= 4 is 32.1 Å².